The molecular weight excluding hydrogens is 1290 g/mol. The van der Waals surface area contributed by atoms with Crippen molar-refractivity contribution in [1.82, 2.24) is 29.9 Å². The highest BCUT2D eigenvalue weighted by atomic mass is 32.1. The fourth-order valence-corrected chi connectivity index (χ4v) is 14.7. The molecule has 0 atom stereocenters. The molecule has 0 saturated carbocycles. The maximum atomic E-state index is 5.56. The van der Waals surface area contributed by atoms with E-state index in [2.05, 4.69) is 329 Å². The van der Waals surface area contributed by atoms with Gasteiger partial charge in [0.05, 0.1) is 33.6 Å². The van der Waals surface area contributed by atoms with Gasteiger partial charge in [0.1, 0.15) is 6.33 Å². The zero-order valence-electron chi connectivity index (χ0n) is 67.0. The first-order valence-corrected chi connectivity index (χ1v) is 39.1. The van der Waals surface area contributed by atoms with Crippen molar-refractivity contribution >= 4 is 75.7 Å². The van der Waals surface area contributed by atoms with Crippen LogP contribution in [0.25, 0.3) is 64.3 Å². The van der Waals surface area contributed by atoms with Crippen LogP contribution in [-0.2, 0) is 0 Å². The van der Waals surface area contributed by atoms with Gasteiger partial charge < -0.3 is 9.47 Å². The monoisotopic (exact) mass is 1410 g/mol. The van der Waals surface area contributed by atoms with Crippen molar-refractivity contribution in [1.29, 1.82) is 0 Å². The van der Waals surface area contributed by atoms with Gasteiger partial charge in [-0.05, 0) is 162 Å². The predicted molar refractivity (Wildman–Crippen MR) is 450 cm³/mol. The Morgan fingerprint density at radius 1 is 0.260 bits per heavy atom. The minimum Gasteiger partial charge on any atom is -0.453 e. The standard InChI is InChI=1S/3C15H19N.C14H18S.C13H18O2.C12H13N.C11H12N2/c1-10(2)12-7-8-13(11(3)4)15-14(12)6-5-9-16-15;2*1-10(2)14-9-16-15(11(3)4)13-8-6-5-7-12(13)14;1-9(2)11-5-6-12(10(3)4)14-13(11)7-8-15-14;1-8(2)10-5-6-11(9(3)4)13-12(10)14-7-15-13;1-9(2)10-7-8-13-12-6-4-3-5-11(10)12;1-8(2)11-9-5-3-4-6-10(9)12-7-13-11/h3*5-11H,1-4H3;5-10H,1-4H3;5-6,8-9H,7H2,1-4H3;3-9H,1-2H3;3-8H,1-2H3. The van der Waals surface area contributed by atoms with E-state index in [0.29, 0.717) is 77.8 Å². The molecule has 7 heterocycles. The van der Waals surface area contributed by atoms with Crippen LogP contribution in [0.5, 0.6) is 11.5 Å². The third-order valence-electron chi connectivity index (χ3n) is 19.3. The van der Waals surface area contributed by atoms with Crippen molar-refractivity contribution < 1.29 is 9.47 Å². The molecule has 6 aromatic heterocycles. The highest BCUT2D eigenvalue weighted by Crippen LogP contribution is 2.45. The van der Waals surface area contributed by atoms with Gasteiger partial charge >= 0.3 is 0 Å². The van der Waals surface area contributed by atoms with Gasteiger partial charge in [-0.1, -0.05) is 294 Å². The van der Waals surface area contributed by atoms with E-state index >= 15 is 0 Å². The molecule has 0 unspecified atom stereocenters. The number of para-hydroxylation sites is 2. The molecule has 0 N–H and O–H groups in total. The first-order chi connectivity index (χ1) is 49.6. The lowest BCUT2D eigenvalue weighted by molar-refractivity contribution is 0.172. The average Bonchev–Trinajstić information content (AvgIpc) is 1.73. The summed E-state index contributed by atoms with van der Waals surface area (Å²) in [6.45, 7) is 53.4. The van der Waals surface area contributed by atoms with Gasteiger partial charge in [0.15, 0.2) is 11.5 Å². The quantitative estimate of drug-likeness (QED) is 0.119. The van der Waals surface area contributed by atoms with Crippen LogP contribution >= 0.6 is 11.3 Å². The second kappa shape index (κ2) is 37.7. The molecule has 0 amide bonds. The molecular formula is C95H118N6O2S. The number of rotatable bonds is 12. The molecule has 1 aliphatic rings. The molecule has 7 aromatic carbocycles. The van der Waals surface area contributed by atoms with E-state index < -0.39 is 0 Å². The zero-order chi connectivity index (χ0) is 75.6. The molecule has 8 nitrogen and oxygen atoms in total. The molecule has 1 aliphatic heterocycles. The van der Waals surface area contributed by atoms with Gasteiger partial charge in [-0.2, -0.15) is 0 Å². The number of aromatic nitrogens is 6. The molecule has 0 saturated heterocycles. The number of thiophene rings is 1. The van der Waals surface area contributed by atoms with Crippen molar-refractivity contribution in [2.24, 2.45) is 0 Å². The van der Waals surface area contributed by atoms with Gasteiger partial charge in [0, 0.05) is 67.5 Å². The van der Waals surface area contributed by atoms with Crippen LogP contribution in [0.15, 0.2) is 194 Å². The number of pyridine rings is 4. The topological polar surface area (TPSA) is 95.8 Å². The molecule has 9 heteroatoms. The van der Waals surface area contributed by atoms with Crippen LogP contribution in [-0.4, -0.2) is 36.7 Å². The first kappa shape index (κ1) is 80.8. The number of fused-ring (bicyclic) bond motifs is 7. The summed E-state index contributed by atoms with van der Waals surface area (Å²) in [5, 5.41) is 12.8. The Labute approximate surface area is 628 Å². The third-order valence-corrected chi connectivity index (χ3v) is 20.3. The van der Waals surface area contributed by atoms with E-state index in [0.717, 1.165) is 28.2 Å². The van der Waals surface area contributed by atoms with E-state index in [9.17, 15) is 0 Å². The second-order valence-electron chi connectivity index (χ2n) is 31.2. The van der Waals surface area contributed by atoms with Crippen LogP contribution < -0.4 is 9.47 Å². The van der Waals surface area contributed by atoms with Gasteiger partial charge in [-0.15, -0.1) is 11.3 Å². The lowest BCUT2D eigenvalue weighted by atomic mass is 9.92. The summed E-state index contributed by atoms with van der Waals surface area (Å²) in [7, 11) is 0. The van der Waals surface area contributed by atoms with E-state index in [-0.39, 0.29) is 0 Å². The average molecular weight is 1410 g/mol. The highest BCUT2D eigenvalue weighted by molar-refractivity contribution is 7.17. The van der Waals surface area contributed by atoms with Crippen LogP contribution in [0.2, 0.25) is 0 Å². The predicted octanol–water partition coefficient (Wildman–Crippen LogP) is 28.4. The largest absolute Gasteiger partial charge is 0.453 e. The maximum absolute atomic E-state index is 5.56. The third kappa shape index (κ3) is 19.9. The summed E-state index contributed by atoms with van der Waals surface area (Å²) >= 11 is 1.87. The fourth-order valence-electron chi connectivity index (χ4n) is 13.6. The molecule has 0 fully saturated rings. The molecule has 546 valence electrons. The Morgan fingerprint density at radius 3 is 1.09 bits per heavy atom. The number of hydrogen-bond acceptors (Lipinski definition) is 9. The van der Waals surface area contributed by atoms with Crippen LogP contribution in [0.4, 0.5) is 0 Å². The van der Waals surface area contributed by atoms with Crippen LogP contribution in [0.1, 0.15) is 304 Å². The lowest BCUT2D eigenvalue weighted by Crippen LogP contribution is -1.98. The molecule has 0 radical (unpaired) electrons. The van der Waals surface area contributed by atoms with E-state index in [1.54, 1.807) is 6.33 Å². The highest BCUT2D eigenvalue weighted by Gasteiger charge is 2.25. The van der Waals surface area contributed by atoms with Gasteiger partial charge in [-0.3, -0.25) is 19.9 Å². The van der Waals surface area contributed by atoms with E-state index in [1.807, 2.05) is 66.5 Å². The Balaban J connectivity index is 0.000000154. The van der Waals surface area contributed by atoms with Gasteiger partial charge in [-0.25, -0.2) is 9.97 Å². The number of benzene rings is 7. The summed E-state index contributed by atoms with van der Waals surface area (Å²) in [5.41, 5.74) is 19.1. The van der Waals surface area contributed by atoms with E-state index in [4.69, 9.17) is 9.47 Å². The van der Waals surface area contributed by atoms with Crippen molar-refractivity contribution in [2.45, 2.75) is 237 Å². The molecule has 0 aliphatic carbocycles. The Morgan fingerprint density at radius 2 is 0.625 bits per heavy atom. The van der Waals surface area contributed by atoms with Crippen molar-refractivity contribution in [2.75, 3.05) is 6.79 Å². The Hall–Kier alpha value is -8.92. The second-order valence-corrected chi connectivity index (χ2v) is 32.1. The lowest BCUT2D eigenvalue weighted by Gasteiger charge is -2.14. The molecule has 104 heavy (non-hydrogen) atoms. The van der Waals surface area contributed by atoms with Crippen molar-refractivity contribution in [3.05, 3.63) is 261 Å². The van der Waals surface area contributed by atoms with Crippen molar-refractivity contribution in [3.63, 3.8) is 0 Å². The SMILES string of the molecule is CC(C)c1ccc(C(C)C)c2c1OCO2.CC(C)c1ccc(C(C)C)c2ncccc12.CC(C)c1ccc(C(C)C)c2sccc12.CC(C)c1ccnc2ccccc12.CC(C)c1cnc(C(C)C)c2ccccc12.CC(C)c1cnc(C(C)C)c2ccccc12.CC(C)c1ncnc2ccccc12. The summed E-state index contributed by atoms with van der Waals surface area (Å²) in [6, 6.07) is 55.6. The van der Waals surface area contributed by atoms with Crippen LogP contribution in [0, 0.1) is 0 Å². The summed E-state index contributed by atoms with van der Waals surface area (Å²) in [6.07, 6.45) is 9.50. The number of ether oxygens (including phenoxy) is 2. The molecule has 13 aromatic rings. The Bertz CT molecular complexity index is 4360. The normalized spacial score (nSPS) is 11.8. The smallest absolute Gasteiger partial charge is 0.231 e. The summed E-state index contributed by atoms with van der Waals surface area (Å²) in [5.74, 6) is 8.19. The molecule has 14 rings (SSSR count). The van der Waals surface area contributed by atoms with Crippen molar-refractivity contribution in [3.8, 4) is 11.5 Å². The molecule has 0 spiro atoms. The zero-order valence-corrected chi connectivity index (χ0v) is 67.8. The number of nitrogens with zero attached hydrogens (tertiary/aromatic N) is 6. The van der Waals surface area contributed by atoms with Gasteiger partial charge in [0.25, 0.3) is 0 Å². The minimum absolute atomic E-state index is 0.360. The summed E-state index contributed by atoms with van der Waals surface area (Å²) < 4.78 is 12.6. The van der Waals surface area contributed by atoms with Crippen LogP contribution in [0.3, 0.4) is 0 Å². The summed E-state index contributed by atoms with van der Waals surface area (Å²) in [4.78, 5) is 26.6. The first-order valence-electron chi connectivity index (χ1n) is 38.2. The Kier molecular flexibility index (Phi) is 29.3. The number of hydrogen-bond donors (Lipinski definition) is 0. The maximum Gasteiger partial charge on any atom is 0.231 e. The minimum atomic E-state index is 0.360. The van der Waals surface area contributed by atoms with E-state index in [1.165, 1.54) is 115 Å². The molecule has 0 bridgehead atoms. The van der Waals surface area contributed by atoms with Gasteiger partial charge in [0.2, 0.25) is 6.79 Å². The fraction of sp³-hybridized carbons (Fsp3) is 0.389.